The summed E-state index contributed by atoms with van der Waals surface area (Å²) in [5.41, 5.74) is 4.54. The third-order valence-corrected chi connectivity index (χ3v) is 5.04. The lowest BCUT2D eigenvalue weighted by Gasteiger charge is -2.14. The van der Waals surface area contributed by atoms with Crippen LogP contribution in [0.4, 0.5) is 24.7 Å². The number of thiocarbonyl (C=S) groups is 1. The van der Waals surface area contributed by atoms with Crippen LogP contribution in [0.15, 0.2) is 47.5 Å². The van der Waals surface area contributed by atoms with Gasteiger partial charge < -0.3 is 5.32 Å². The minimum Gasteiger partial charge on any atom is -0.331 e. The summed E-state index contributed by atoms with van der Waals surface area (Å²) in [6.45, 7) is 3.40. The van der Waals surface area contributed by atoms with Crippen molar-refractivity contribution in [3.63, 3.8) is 0 Å². The second kappa shape index (κ2) is 8.71. The molecule has 0 unspecified atom stereocenters. The van der Waals surface area contributed by atoms with E-state index in [1.165, 1.54) is 24.3 Å². The van der Waals surface area contributed by atoms with Crippen LogP contribution in [-0.4, -0.2) is 24.6 Å². The van der Waals surface area contributed by atoms with Gasteiger partial charge in [0, 0.05) is 17.9 Å². The molecule has 0 atom stereocenters. The number of nitrogens with zero attached hydrogens (tertiary/aromatic N) is 1. The summed E-state index contributed by atoms with van der Waals surface area (Å²) in [5.74, 6) is 0.261. The molecule has 0 spiro atoms. The summed E-state index contributed by atoms with van der Waals surface area (Å²) in [4.78, 5) is 3.95. The molecule has 7 nitrogen and oxygen atoms in total. The van der Waals surface area contributed by atoms with Crippen LogP contribution in [0.25, 0.3) is 0 Å². The van der Waals surface area contributed by atoms with Crippen LogP contribution in [-0.2, 0) is 16.2 Å². The molecule has 0 aliphatic rings. The van der Waals surface area contributed by atoms with Crippen LogP contribution in [0.3, 0.4) is 0 Å². The molecule has 1 aromatic carbocycles. The molecule has 2 rings (SSSR count). The van der Waals surface area contributed by atoms with Crippen molar-refractivity contribution in [3.05, 3.63) is 48.2 Å². The van der Waals surface area contributed by atoms with Crippen molar-refractivity contribution in [1.82, 2.24) is 15.1 Å². The number of sulfonamides is 1. The number of hydrogen-bond acceptors (Lipinski definition) is 5. The number of hydrogen-bond donors (Lipinski definition) is 4. The lowest BCUT2D eigenvalue weighted by Crippen LogP contribution is -2.34. The molecule has 0 aliphatic carbocycles. The van der Waals surface area contributed by atoms with E-state index in [-0.39, 0.29) is 27.6 Å². The molecule has 0 radical (unpaired) electrons. The van der Waals surface area contributed by atoms with E-state index in [1.54, 1.807) is 13.8 Å². The molecule has 4 N–H and O–H groups in total. The summed E-state index contributed by atoms with van der Waals surface area (Å²) < 4.78 is 64.6. The van der Waals surface area contributed by atoms with Crippen molar-refractivity contribution in [2.24, 2.45) is 0 Å². The number of alkyl halides is 3. The molecule has 1 heterocycles. The van der Waals surface area contributed by atoms with E-state index < -0.39 is 21.8 Å². The maximum atomic E-state index is 12.7. The number of nitrogens with one attached hydrogen (secondary N) is 4. The van der Waals surface area contributed by atoms with Crippen LogP contribution in [0.5, 0.6) is 0 Å². The Morgan fingerprint density at radius 1 is 1.18 bits per heavy atom. The van der Waals surface area contributed by atoms with Gasteiger partial charge in [0.05, 0.1) is 5.56 Å². The topological polar surface area (TPSA) is 95.2 Å². The molecule has 152 valence electrons. The maximum Gasteiger partial charge on any atom is 0.416 e. The monoisotopic (exact) mass is 433 g/mol. The van der Waals surface area contributed by atoms with Crippen molar-refractivity contribution in [3.8, 4) is 0 Å². The zero-order valence-corrected chi connectivity index (χ0v) is 16.5. The number of aromatic nitrogens is 1. The Morgan fingerprint density at radius 2 is 1.89 bits per heavy atom. The molecule has 2 aromatic rings. The second-order valence-electron chi connectivity index (χ2n) is 5.94. The molecule has 0 saturated heterocycles. The summed E-state index contributed by atoms with van der Waals surface area (Å²) in [5, 5.41) is 2.61. The lowest BCUT2D eigenvalue weighted by atomic mass is 10.2. The van der Waals surface area contributed by atoms with Gasteiger partial charge in [-0.1, -0.05) is 6.07 Å². The van der Waals surface area contributed by atoms with Gasteiger partial charge in [0.15, 0.2) is 5.11 Å². The molecular formula is C16H18F3N5O2S2. The molecule has 28 heavy (non-hydrogen) atoms. The summed E-state index contributed by atoms with van der Waals surface area (Å²) in [6.07, 6.45) is -3.29. The Labute approximate surface area is 165 Å². The molecule has 0 fully saturated rings. The van der Waals surface area contributed by atoms with Crippen LogP contribution in [0.1, 0.15) is 19.4 Å². The predicted molar refractivity (Wildman–Crippen MR) is 104 cm³/mol. The molecule has 0 bridgehead atoms. The number of halogens is 3. The zero-order valence-electron chi connectivity index (χ0n) is 14.8. The minimum atomic E-state index is -4.46. The van der Waals surface area contributed by atoms with Crippen molar-refractivity contribution in [1.29, 1.82) is 0 Å². The number of benzene rings is 1. The predicted octanol–water partition coefficient (Wildman–Crippen LogP) is 3.10. The van der Waals surface area contributed by atoms with Gasteiger partial charge >= 0.3 is 6.18 Å². The largest absolute Gasteiger partial charge is 0.416 e. The van der Waals surface area contributed by atoms with Crippen molar-refractivity contribution in [2.45, 2.75) is 31.0 Å². The fourth-order valence-corrected chi connectivity index (χ4v) is 3.41. The summed E-state index contributed by atoms with van der Waals surface area (Å²) in [6, 6.07) is 7.07. The highest BCUT2D eigenvalue weighted by Gasteiger charge is 2.30. The van der Waals surface area contributed by atoms with Gasteiger partial charge in [0.1, 0.15) is 10.7 Å². The first-order valence-corrected chi connectivity index (χ1v) is 9.85. The highest BCUT2D eigenvalue weighted by molar-refractivity contribution is 7.89. The fourth-order valence-electron chi connectivity index (χ4n) is 2.05. The maximum absolute atomic E-state index is 12.7. The quantitative estimate of drug-likeness (QED) is 0.411. The van der Waals surface area contributed by atoms with Gasteiger partial charge in [-0.05, 0) is 56.4 Å². The Hall–Kier alpha value is -2.44. The third-order valence-electron chi connectivity index (χ3n) is 3.19. The Morgan fingerprint density at radius 3 is 2.46 bits per heavy atom. The van der Waals surface area contributed by atoms with E-state index in [2.05, 4.69) is 25.9 Å². The van der Waals surface area contributed by atoms with E-state index in [4.69, 9.17) is 12.2 Å². The Bertz CT molecular complexity index is 932. The first-order chi connectivity index (χ1) is 13.0. The SMILES string of the molecule is CC(C)NS(=O)(=O)c1ccc(NNC(=S)Nc2cccc(C(F)(F)F)c2)nc1. The molecule has 0 saturated carbocycles. The van der Waals surface area contributed by atoms with E-state index in [0.717, 1.165) is 18.3 Å². The minimum absolute atomic E-state index is 0.000651. The van der Waals surface area contributed by atoms with E-state index >= 15 is 0 Å². The average Bonchev–Trinajstić information content (AvgIpc) is 2.59. The highest BCUT2D eigenvalue weighted by atomic mass is 32.2. The molecular weight excluding hydrogens is 415 g/mol. The van der Waals surface area contributed by atoms with Crippen LogP contribution in [0, 0.1) is 0 Å². The number of anilines is 2. The highest BCUT2D eigenvalue weighted by Crippen LogP contribution is 2.30. The fraction of sp³-hybridized carbons (Fsp3) is 0.250. The van der Waals surface area contributed by atoms with E-state index in [1.807, 2.05) is 0 Å². The van der Waals surface area contributed by atoms with E-state index in [0.29, 0.717) is 0 Å². The van der Waals surface area contributed by atoms with Crippen LogP contribution in [0.2, 0.25) is 0 Å². The third kappa shape index (κ3) is 6.32. The Kier molecular flexibility index (Phi) is 6.80. The summed E-state index contributed by atoms with van der Waals surface area (Å²) >= 11 is 5.00. The average molecular weight is 433 g/mol. The van der Waals surface area contributed by atoms with Gasteiger partial charge in [-0.2, -0.15) is 13.2 Å². The molecule has 1 aromatic heterocycles. The number of hydrazine groups is 1. The number of pyridine rings is 1. The lowest BCUT2D eigenvalue weighted by molar-refractivity contribution is -0.137. The van der Waals surface area contributed by atoms with Crippen LogP contribution >= 0.6 is 12.2 Å². The smallest absolute Gasteiger partial charge is 0.331 e. The van der Waals surface area contributed by atoms with E-state index in [9.17, 15) is 21.6 Å². The zero-order chi connectivity index (χ0) is 20.9. The Balaban J connectivity index is 1.95. The standard InChI is InChI=1S/C16H18F3N5O2S2/c1-10(2)24-28(25,26)13-6-7-14(20-9-13)22-23-15(27)21-12-5-3-4-11(8-12)16(17,18)19/h3-10,24H,1-2H3,(H,20,22)(H2,21,23,27). The first-order valence-electron chi connectivity index (χ1n) is 7.96. The van der Waals surface area contributed by atoms with Gasteiger partial charge in [-0.3, -0.25) is 10.9 Å². The normalized spacial score (nSPS) is 11.9. The van der Waals surface area contributed by atoms with Crippen molar-refractivity contribution >= 4 is 38.9 Å². The van der Waals surface area contributed by atoms with Gasteiger partial charge in [0.25, 0.3) is 0 Å². The molecule has 0 aliphatic heterocycles. The second-order valence-corrected chi connectivity index (χ2v) is 8.06. The van der Waals surface area contributed by atoms with Gasteiger partial charge in [-0.15, -0.1) is 0 Å². The summed E-state index contributed by atoms with van der Waals surface area (Å²) in [7, 11) is -3.66. The van der Waals surface area contributed by atoms with Crippen LogP contribution < -0.4 is 20.9 Å². The van der Waals surface area contributed by atoms with Crippen molar-refractivity contribution in [2.75, 3.05) is 10.7 Å². The van der Waals surface area contributed by atoms with Crippen molar-refractivity contribution < 1.29 is 21.6 Å². The molecule has 12 heteroatoms. The van der Waals surface area contributed by atoms with Gasteiger partial charge in [0.2, 0.25) is 10.0 Å². The molecule has 0 amide bonds. The first kappa shape index (κ1) is 21.9. The number of rotatable bonds is 6. The van der Waals surface area contributed by atoms with Gasteiger partial charge in [-0.25, -0.2) is 18.1 Å².